The first-order valence-electron chi connectivity index (χ1n) is 11.4. The summed E-state index contributed by atoms with van der Waals surface area (Å²) in [6.07, 6.45) is 2.04. The summed E-state index contributed by atoms with van der Waals surface area (Å²) < 4.78 is 5.32. The molecule has 4 rings (SSSR count). The predicted octanol–water partition coefficient (Wildman–Crippen LogP) is 3.86. The molecule has 0 spiro atoms. The van der Waals surface area contributed by atoms with Gasteiger partial charge in [0.05, 0.1) is 29.6 Å². The number of hydrogen-bond donors (Lipinski definition) is 2. The Bertz CT molecular complexity index is 1120. The maximum atomic E-state index is 13.2. The highest BCUT2D eigenvalue weighted by Gasteiger charge is 2.27. The van der Waals surface area contributed by atoms with Crippen molar-refractivity contribution >= 4 is 17.4 Å². The molecule has 0 unspecified atom stereocenters. The number of amides is 1. The van der Waals surface area contributed by atoms with E-state index in [1.807, 2.05) is 66.7 Å². The molecule has 1 amide bonds. The minimum Gasteiger partial charge on any atom is -0.378 e. The molecule has 0 saturated carbocycles. The van der Waals surface area contributed by atoms with Crippen molar-refractivity contribution in [2.24, 2.45) is 0 Å². The fraction of sp³-hybridized carbons (Fsp3) is 0.296. The zero-order valence-electron chi connectivity index (χ0n) is 19.4. The van der Waals surface area contributed by atoms with Crippen molar-refractivity contribution in [3.05, 3.63) is 89.6 Å². The van der Waals surface area contributed by atoms with Crippen molar-refractivity contribution < 1.29 is 9.53 Å². The first-order valence-corrected chi connectivity index (χ1v) is 11.4. The second-order valence-electron chi connectivity index (χ2n) is 8.54. The lowest BCUT2D eigenvalue weighted by Gasteiger charge is -2.39. The van der Waals surface area contributed by atoms with Crippen LogP contribution in [0.1, 0.15) is 35.6 Å². The van der Waals surface area contributed by atoms with Gasteiger partial charge in [0.15, 0.2) is 0 Å². The number of methoxy groups -OCH3 is 1. The van der Waals surface area contributed by atoms with Gasteiger partial charge in [0.1, 0.15) is 11.9 Å². The van der Waals surface area contributed by atoms with Gasteiger partial charge in [0.25, 0.3) is 0 Å². The number of benzene rings is 2. The standard InChI is InChI=1S/C27H29N5O2/c1-19(21-10-8-20(14-28)9-11-21)15-30-26(22-6-4-3-5-7-22)27(33)31-25-13-12-23(16-29-25)32-17-24(18-32)34-2/h3-13,16,19,24,26,30H,15,17-18H2,1-2H3,(H,29,31,33)/t19-,26-/m1/s1. The van der Waals surface area contributed by atoms with Crippen LogP contribution in [0.25, 0.3) is 0 Å². The van der Waals surface area contributed by atoms with E-state index < -0.39 is 6.04 Å². The van der Waals surface area contributed by atoms with E-state index in [0.717, 1.165) is 29.9 Å². The zero-order chi connectivity index (χ0) is 23.9. The molecule has 174 valence electrons. The Morgan fingerprint density at radius 1 is 1.12 bits per heavy atom. The third-order valence-electron chi connectivity index (χ3n) is 6.18. The molecule has 1 aliphatic rings. The molecule has 2 aromatic carbocycles. The largest absolute Gasteiger partial charge is 0.378 e. The van der Waals surface area contributed by atoms with Crippen molar-refractivity contribution in [3.8, 4) is 6.07 Å². The van der Waals surface area contributed by atoms with Crippen LogP contribution < -0.4 is 15.5 Å². The number of ether oxygens (including phenoxy) is 1. The Kier molecular flexibility index (Phi) is 7.53. The Hall–Kier alpha value is -3.73. The van der Waals surface area contributed by atoms with E-state index in [2.05, 4.69) is 33.5 Å². The van der Waals surface area contributed by atoms with Gasteiger partial charge in [-0.2, -0.15) is 5.26 Å². The number of nitrogens with zero attached hydrogens (tertiary/aromatic N) is 3. The van der Waals surface area contributed by atoms with E-state index in [-0.39, 0.29) is 17.9 Å². The average Bonchev–Trinajstić information content (AvgIpc) is 2.85. The van der Waals surface area contributed by atoms with Crippen molar-refractivity contribution in [3.63, 3.8) is 0 Å². The first-order chi connectivity index (χ1) is 16.6. The van der Waals surface area contributed by atoms with Gasteiger partial charge in [-0.15, -0.1) is 0 Å². The molecule has 1 aliphatic heterocycles. The van der Waals surface area contributed by atoms with Crippen LogP contribution in [-0.2, 0) is 9.53 Å². The molecule has 34 heavy (non-hydrogen) atoms. The number of nitrogens with one attached hydrogen (secondary N) is 2. The summed E-state index contributed by atoms with van der Waals surface area (Å²) in [5.74, 6) is 0.513. The van der Waals surface area contributed by atoms with Gasteiger partial charge in [0, 0.05) is 26.7 Å². The topological polar surface area (TPSA) is 90.3 Å². The van der Waals surface area contributed by atoms with E-state index in [1.165, 1.54) is 0 Å². The van der Waals surface area contributed by atoms with Crippen LogP contribution in [-0.4, -0.2) is 43.7 Å². The smallest absolute Gasteiger partial charge is 0.247 e. The Labute approximate surface area is 200 Å². The highest BCUT2D eigenvalue weighted by molar-refractivity contribution is 5.94. The lowest BCUT2D eigenvalue weighted by Crippen LogP contribution is -2.51. The van der Waals surface area contributed by atoms with E-state index in [1.54, 1.807) is 13.3 Å². The van der Waals surface area contributed by atoms with Crippen LogP contribution in [0.4, 0.5) is 11.5 Å². The number of aromatic nitrogens is 1. The average molecular weight is 456 g/mol. The zero-order valence-corrected chi connectivity index (χ0v) is 19.4. The summed E-state index contributed by atoms with van der Waals surface area (Å²) in [7, 11) is 1.72. The number of anilines is 2. The molecule has 7 nitrogen and oxygen atoms in total. The van der Waals surface area contributed by atoms with E-state index in [4.69, 9.17) is 10.00 Å². The fourth-order valence-corrected chi connectivity index (χ4v) is 3.95. The molecule has 2 atom stereocenters. The predicted molar refractivity (Wildman–Crippen MR) is 133 cm³/mol. The molecule has 0 aliphatic carbocycles. The number of carbonyl (C=O) groups excluding carboxylic acids is 1. The van der Waals surface area contributed by atoms with Crippen LogP contribution in [0.3, 0.4) is 0 Å². The number of carbonyl (C=O) groups is 1. The third-order valence-corrected chi connectivity index (χ3v) is 6.18. The van der Waals surface area contributed by atoms with Gasteiger partial charge in [-0.3, -0.25) is 4.79 Å². The van der Waals surface area contributed by atoms with Crippen LogP contribution >= 0.6 is 0 Å². The van der Waals surface area contributed by atoms with Gasteiger partial charge in [-0.25, -0.2) is 4.98 Å². The van der Waals surface area contributed by atoms with Crippen molar-refractivity contribution in [1.82, 2.24) is 10.3 Å². The number of rotatable bonds is 9. The van der Waals surface area contributed by atoms with Crippen molar-refractivity contribution in [1.29, 1.82) is 5.26 Å². The minimum atomic E-state index is -0.527. The summed E-state index contributed by atoms with van der Waals surface area (Å²) in [4.78, 5) is 19.9. The second-order valence-corrected chi connectivity index (χ2v) is 8.54. The second kappa shape index (κ2) is 10.9. The van der Waals surface area contributed by atoms with Gasteiger partial charge >= 0.3 is 0 Å². The van der Waals surface area contributed by atoms with Crippen molar-refractivity contribution in [2.45, 2.75) is 25.0 Å². The van der Waals surface area contributed by atoms with E-state index in [0.29, 0.717) is 17.9 Å². The molecule has 2 N–H and O–H groups in total. The highest BCUT2D eigenvalue weighted by atomic mass is 16.5. The molecule has 0 radical (unpaired) electrons. The Morgan fingerprint density at radius 3 is 2.47 bits per heavy atom. The quantitative estimate of drug-likeness (QED) is 0.509. The summed E-state index contributed by atoms with van der Waals surface area (Å²) in [5, 5.41) is 15.4. The van der Waals surface area contributed by atoms with E-state index >= 15 is 0 Å². The summed E-state index contributed by atoms with van der Waals surface area (Å²) in [5.41, 5.74) is 3.64. The fourth-order valence-electron chi connectivity index (χ4n) is 3.95. The van der Waals surface area contributed by atoms with Crippen LogP contribution in [0.2, 0.25) is 0 Å². The maximum Gasteiger partial charge on any atom is 0.247 e. The Morgan fingerprint density at radius 2 is 1.85 bits per heavy atom. The third kappa shape index (κ3) is 5.60. The molecule has 1 aromatic heterocycles. The molecule has 3 aromatic rings. The van der Waals surface area contributed by atoms with E-state index in [9.17, 15) is 4.79 Å². The monoisotopic (exact) mass is 455 g/mol. The summed E-state index contributed by atoms with van der Waals surface area (Å²) >= 11 is 0. The molecule has 7 heteroatoms. The lowest BCUT2D eigenvalue weighted by molar-refractivity contribution is -0.118. The van der Waals surface area contributed by atoms with Gasteiger partial charge in [-0.05, 0) is 41.3 Å². The van der Waals surface area contributed by atoms with Crippen LogP contribution in [0, 0.1) is 11.3 Å². The normalized spacial score (nSPS) is 15.1. The van der Waals surface area contributed by atoms with Gasteiger partial charge < -0.3 is 20.3 Å². The SMILES string of the molecule is COC1CN(c2ccc(NC(=O)[C@H](NC[C@@H](C)c3ccc(C#N)cc3)c3ccccc3)nc2)C1. The first kappa shape index (κ1) is 23.4. The summed E-state index contributed by atoms with van der Waals surface area (Å²) in [6.45, 7) is 4.39. The number of pyridine rings is 1. The van der Waals surface area contributed by atoms with Gasteiger partial charge in [0.2, 0.25) is 5.91 Å². The maximum absolute atomic E-state index is 13.2. The molecule has 0 bridgehead atoms. The van der Waals surface area contributed by atoms with Crippen LogP contribution in [0.5, 0.6) is 0 Å². The molecule has 1 fully saturated rings. The van der Waals surface area contributed by atoms with Crippen LogP contribution in [0.15, 0.2) is 72.9 Å². The lowest BCUT2D eigenvalue weighted by atomic mass is 9.98. The Balaban J connectivity index is 1.41. The highest BCUT2D eigenvalue weighted by Crippen LogP contribution is 2.23. The number of nitriles is 1. The molecular weight excluding hydrogens is 426 g/mol. The summed E-state index contributed by atoms with van der Waals surface area (Å²) in [6, 6.07) is 22.6. The molecule has 1 saturated heterocycles. The van der Waals surface area contributed by atoms with Crippen molar-refractivity contribution in [2.75, 3.05) is 37.0 Å². The molecular formula is C27H29N5O2. The minimum absolute atomic E-state index is 0.164. The molecule has 2 heterocycles. The van der Waals surface area contributed by atoms with Gasteiger partial charge in [-0.1, -0.05) is 49.4 Å². The number of hydrogen-bond acceptors (Lipinski definition) is 6.